The largest absolute Gasteiger partial charge is 0.519 e. The average molecular weight is 1190 g/mol. The first-order valence-corrected chi connectivity index (χ1v) is 25.4. The van der Waals surface area contributed by atoms with Crippen molar-refractivity contribution in [3.63, 3.8) is 0 Å². The molecule has 0 radical (unpaired) electrons. The fraction of sp³-hybridized carbons (Fsp3) is 0.0923. The predicted molar refractivity (Wildman–Crippen MR) is 306 cm³/mol. The molecule has 0 aliphatic carbocycles. The molecule has 444 valence electrons. The quantitative estimate of drug-likeness (QED) is 0.0116. The summed E-state index contributed by atoms with van der Waals surface area (Å²) in [5, 5.41) is 0. The number of ether oxygens (including phenoxy) is 11. The van der Waals surface area contributed by atoms with Crippen LogP contribution in [0.15, 0.2) is 225 Å². The molecular formula is C65H52O22. The fourth-order valence-corrected chi connectivity index (χ4v) is 6.33. The minimum atomic E-state index is -1.14. The summed E-state index contributed by atoms with van der Waals surface area (Å²) in [4.78, 5) is 128. The third-order valence-electron chi connectivity index (χ3n) is 10.6. The van der Waals surface area contributed by atoms with E-state index in [1.54, 1.807) is 91.9 Å². The summed E-state index contributed by atoms with van der Waals surface area (Å²) >= 11 is 0. The summed E-state index contributed by atoms with van der Waals surface area (Å²) in [6, 6.07) is 50.1. The highest BCUT2D eigenvalue weighted by Gasteiger charge is 2.17. The third kappa shape index (κ3) is 23.4. The van der Waals surface area contributed by atoms with E-state index in [0.29, 0.717) is 39.1 Å². The summed E-state index contributed by atoms with van der Waals surface area (Å²) in [6.07, 6.45) is -2.31. The molecule has 22 nitrogen and oxygen atoms in total. The van der Waals surface area contributed by atoms with Gasteiger partial charge >= 0.3 is 48.3 Å². The Kier molecular flexibility index (Phi) is 26.0. The van der Waals surface area contributed by atoms with Gasteiger partial charge in [0.05, 0.1) is 0 Å². The topological polar surface area (TPSA) is 289 Å². The van der Waals surface area contributed by atoms with Crippen molar-refractivity contribution in [2.45, 2.75) is 13.8 Å². The van der Waals surface area contributed by atoms with Crippen molar-refractivity contribution >= 4 is 65.7 Å². The standard InChI is InChI=1S/C24H18O6.C21H18O8.C20H16O8/c1-16(2)23(26)28-19-12-14-21(15-13-19)30-24(27)29-20-10-8-18(9-11-20)22(25)17-6-4-3-5-7-17;1-14(2)20(24)28-13-27-18(22)12-26-21(25)29-17-10-8-16(9-11-17)19(23)15-6-4-3-5-7-15;1-2-17(21)26-13-27-18(22)12-25-20(24)28-16-10-8-15(9-11-16)19(23)14-6-4-3-5-7-14/h3-15H,1H2,2H3;3-11H,1,12-13H2,2H3;2-11H,1,12-13H2. The van der Waals surface area contributed by atoms with Crippen LogP contribution >= 0.6 is 0 Å². The van der Waals surface area contributed by atoms with Crippen LogP contribution in [0.3, 0.4) is 0 Å². The molecule has 0 atom stereocenters. The van der Waals surface area contributed by atoms with Crippen LogP contribution < -0.4 is 23.7 Å². The van der Waals surface area contributed by atoms with Crippen molar-refractivity contribution in [1.29, 1.82) is 0 Å². The third-order valence-corrected chi connectivity index (χ3v) is 10.6. The van der Waals surface area contributed by atoms with E-state index in [0.717, 1.165) is 6.08 Å². The van der Waals surface area contributed by atoms with Gasteiger partial charge in [0.1, 0.15) is 28.7 Å². The van der Waals surface area contributed by atoms with E-state index in [1.807, 2.05) is 18.2 Å². The number of rotatable bonds is 22. The average Bonchev–Trinajstić information content (AvgIpc) is 3.46. The Morgan fingerprint density at radius 2 is 0.598 bits per heavy atom. The maximum absolute atomic E-state index is 12.4. The zero-order valence-electron chi connectivity index (χ0n) is 46.4. The van der Waals surface area contributed by atoms with Crippen molar-refractivity contribution in [1.82, 2.24) is 0 Å². The van der Waals surface area contributed by atoms with E-state index < -0.39 is 75.1 Å². The maximum atomic E-state index is 12.4. The van der Waals surface area contributed by atoms with Gasteiger partial charge in [-0.3, -0.25) is 14.4 Å². The monoisotopic (exact) mass is 1180 g/mol. The molecular weight excluding hydrogens is 1130 g/mol. The van der Waals surface area contributed by atoms with Crippen LogP contribution in [0.1, 0.15) is 61.6 Å². The van der Waals surface area contributed by atoms with Gasteiger partial charge in [0.2, 0.25) is 13.6 Å². The summed E-state index contributed by atoms with van der Waals surface area (Å²) in [5.74, 6) is -3.36. The van der Waals surface area contributed by atoms with Crippen LogP contribution in [-0.4, -0.2) is 92.5 Å². The molecule has 87 heavy (non-hydrogen) atoms. The molecule has 0 saturated heterocycles. The molecule has 0 amide bonds. The Balaban J connectivity index is 0.000000238. The van der Waals surface area contributed by atoms with Crippen LogP contribution in [0.2, 0.25) is 0 Å². The highest BCUT2D eigenvalue weighted by molar-refractivity contribution is 6.10. The van der Waals surface area contributed by atoms with E-state index in [2.05, 4.69) is 48.2 Å². The lowest BCUT2D eigenvalue weighted by molar-refractivity contribution is -0.168. The Bertz CT molecular complexity index is 3580. The summed E-state index contributed by atoms with van der Waals surface area (Å²) in [6.45, 7) is 10.3. The predicted octanol–water partition coefficient (Wildman–Crippen LogP) is 10.7. The smallest absolute Gasteiger partial charge is 0.425 e. The number of benzene rings is 7. The lowest BCUT2D eigenvalue weighted by Crippen LogP contribution is -2.20. The molecule has 0 fully saturated rings. The van der Waals surface area contributed by atoms with Gasteiger partial charge < -0.3 is 52.1 Å². The summed E-state index contributed by atoms with van der Waals surface area (Å²) in [7, 11) is 0. The molecule has 0 N–H and O–H groups in total. The number of carbonyl (C=O) groups is 11. The summed E-state index contributed by atoms with van der Waals surface area (Å²) in [5.41, 5.74) is 3.38. The molecule has 7 aromatic carbocycles. The van der Waals surface area contributed by atoms with E-state index in [-0.39, 0.29) is 51.5 Å². The Labute approximate surface area is 496 Å². The van der Waals surface area contributed by atoms with E-state index in [9.17, 15) is 52.7 Å². The minimum Gasteiger partial charge on any atom is -0.425 e. The van der Waals surface area contributed by atoms with Crippen molar-refractivity contribution in [2.24, 2.45) is 0 Å². The molecule has 0 bridgehead atoms. The van der Waals surface area contributed by atoms with Gasteiger partial charge in [-0.05, 0) is 111 Å². The van der Waals surface area contributed by atoms with Gasteiger partial charge in [-0.2, -0.15) is 0 Å². The van der Waals surface area contributed by atoms with E-state index in [1.165, 1.54) is 91.9 Å². The van der Waals surface area contributed by atoms with E-state index in [4.69, 9.17) is 23.7 Å². The molecule has 0 unspecified atom stereocenters. The second-order valence-electron chi connectivity index (χ2n) is 17.2. The zero-order valence-corrected chi connectivity index (χ0v) is 46.4. The highest BCUT2D eigenvalue weighted by atomic mass is 16.8. The molecule has 0 spiro atoms. The second kappa shape index (κ2) is 34.4. The van der Waals surface area contributed by atoms with Crippen LogP contribution in [0.4, 0.5) is 14.4 Å². The molecule has 0 saturated carbocycles. The zero-order chi connectivity index (χ0) is 63.1. The molecule has 0 aliphatic heterocycles. The van der Waals surface area contributed by atoms with Crippen LogP contribution in [-0.2, 0) is 52.4 Å². The molecule has 7 aromatic rings. The Morgan fingerprint density at radius 3 is 0.908 bits per heavy atom. The van der Waals surface area contributed by atoms with Gasteiger partial charge in [0, 0.05) is 50.6 Å². The van der Waals surface area contributed by atoms with Gasteiger partial charge in [-0.15, -0.1) is 0 Å². The van der Waals surface area contributed by atoms with Crippen molar-refractivity contribution in [3.05, 3.63) is 258 Å². The van der Waals surface area contributed by atoms with Gasteiger partial charge in [0.15, 0.2) is 30.6 Å². The lowest BCUT2D eigenvalue weighted by atomic mass is 10.0. The van der Waals surface area contributed by atoms with E-state index >= 15 is 0 Å². The minimum absolute atomic E-state index is 0.128. The molecule has 7 rings (SSSR count). The second-order valence-corrected chi connectivity index (χ2v) is 17.2. The van der Waals surface area contributed by atoms with Crippen molar-refractivity contribution in [2.75, 3.05) is 26.8 Å². The normalized spacial score (nSPS) is 9.86. The SMILES string of the molecule is C=C(C)C(=O)OCOC(=O)COC(=O)Oc1ccc(C(=O)c2ccccc2)cc1.C=C(C)C(=O)Oc1ccc(OC(=O)Oc2ccc(C(=O)c3ccccc3)cc2)cc1.C=CC(=O)OCOC(=O)COC(=O)Oc1ccc(C(=O)c2ccccc2)cc1. The van der Waals surface area contributed by atoms with Crippen LogP contribution in [0.25, 0.3) is 0 Å². The van der Waals surface area contributed by atoms with Crippen molar-refractivity contribution in [3.8, 4) is 28.7 Å². The van der Waals surface area contributed by atoms with Gasteiger partial charge in [-0.1, -0.05) is 111 Å². The lowest BCUT2D eigenvalue weighted by Gasteiger charge is -2.08. The molecule has 0 heterocycles. The first-order valence-electron chi connectivity index (χ1n) is 25.4. The summed E-state index contributed by atoms with van der Waals surface area (Å²) < 4.78 is 52.3. The first-order chi connectivity index (χ1) is 41.8. The van der Waals surface area contributed by atoms with Crippen LogP contribution in [0, 0.1) is 0 Å². The molecule has 0 aromatic heterocycles. The molecule has 22 heteroatoms. The number of hydrogen-bond acceptors (Lipinski definition) is 22. The molecule has 0 aliphatic rings. The van der Waals surface area contributed by atoms with Gasteiger partial charge in [-0.25, -0.2) is 38.4 Å². The number of ketones is 3. The number of carbonyl (C=O) groups excluding carboxylic acids is 11. The highest BCUT2D eigenvalue weighted by Crippen LogP contribution is 2.22. The number of esters is 5. The van der Waals surface area contributed by atoms with Gasteiger partial charge in [0.25, 0.3) is 0 Å². The van der Waals surface area contributed by atoms with Crippen LogP contribution in [0.5, 0.6) is 28.7 Å². The van der Waals surface area contributed by atoms with Crippen molar-refractivity contribution < 1.29 is 105 Å². The number of hydrogen-bond donors (Lipinski definition) is 0. The fourth-order valence-electron chi connectivity index (χ4n) is 6.33. The first kappa shape index (κ1) is 65.7. The maximum Gasteiger partial charge on any atom is 0.519 e. The Hall–Kier alpha value is -12.1. The Morgan fingerprint density at radius 1 is 0.322 bits per heavy atom.